The molecule has 0 aromatic heterocycles. The van der Waals surface area contributed by atoms with Crippen LogP contribution in [-0.2, 0) is 9.47 Å². The van der Waals surface area contributed by atoms with Crippen LogP contribution in [0.4, 0.5) is 0 Å². The minimum atomic E-state index is -0.403. The van der Waals surface area contributed by atoms with Crippen LogP contribution < -0.4 is 5.32 Å². The Morgan fingerprint density at radius 3 is 2.81 bits per heavy atom. The van der Waals surface area contributed by atoms with E-state index in [0.29, 0.717) is 13.2 Å². The van der Waals surface area contributed by atoms with E-state index in [2.05, 4.69) is 10.2 Å². The number of likely N-dealkylation sites (tertiary alicyclic amines) is 1. The van der Waals surface area contributed by atoms with E-state index in [1.54, 1.807) is 7.11 Å². The molecular weight excluding hydrogens is 268 g/mol. The van der Waals surface area contributed by atoms with Gasteiger partial charge in [-0.15, -0.1) is 0 Å². The van der Waals surface area contributed by atoms with E-state index in [1.165, 1.54) is 25.7 Å². The molecule has 1 saturated heterocycles. The molecule has 1 saturated carbocycles. The monoisotopic (exact) mass is 300 g/mol. The van der Waals surface area contributed by atoms with Gasteiger partial charge in [-0.3, -0.25) is 0 Å². The van der Waals surface area contributed by atoms with Crippen molar-refractivity contribution < 1.29 is 14.6 Å². The number of piperidine rings is 1. The summed E-state index contributed by atoms with van der Waals surface area (Å²) in [6.45, 7) is 7.00. The zero-order chi connectivity index (χ0) is 15.1. The molecule has 1 heterocycles. The van der Waals surface area contributed by atoms with Crippen molar-refractivity contribution in [1.82, 2.24) is 10.2 Å². The lowest BCUT2D eigenvalue weighted by atomic mass is 9.97. The zero-order valence-electron chi connectivity index (χ0n) is 13.6. The third-order valence-electron chi connectivity index (χ3n) is 4.32. The fourth-order valence-electron chi connectivity index (χ4n) is 3.01. The fraction of sp³-hybridized carbons (Fsp3) is 1.00. The summed E-state index contributed by atoms with van der Waals surface area (Å²) < 4.78 is 10.6. The van der Waals surface area contributed by atoms with Crippen LogP contribution in [-0.4, -0.2) is 74.8 Å². The van der Waals surface area contributed by atoms with Crippen molar-refractivity contribution >= 4 is 0 Å². The number of β-amino-alcohol motifs (C(OH)–C–C–N with tert-alkyl or cyclic N) is 1. The molecular formula is C16H32N2O3. The molecule has 0 spiro atoms. The van der Waals surface area contributed by atoms with Crippen molar-refractivity contribution in [3.05, 3.63) is 0 Å². The lowest BCUT2D eigenvalue weighted by Gasteiger charge is -2.34. The Kier molecular flexibility index (Phi) is 7.40. The summed E-state index contributed by atoms with van der Waals surface area (Å²) in [7, 11) is 1.67. The SMILES string of the molecule is COCC(C)OCC(O)CN1CCCC(CNC2CC2)C1. The summed E-state index contributed by atoms with van der Waals surface area (Å²) in [5.74, 6) is 0.736. The van der Waals surface area contributed by atoms with Crippen LogP contribution in [0, 0.1) is 5.92 Å². The standard InChI is InChI=1S/C16H32N2O3/c1-13(11-20-2)21-12-16(19)10-18-7-3-4-14(9-18)8-17-15-5-6-15/h13-17,19H,3-12H2,1-2H3. The molecule has 0 amide bonds. The molecule has 0 aromatic carbocycles. The third kappa shape index (κ3) is 7.06. The van der Waals surface area contributed by atoms with E-state index in [0.717, 1.165) is 38.1 Å². The van der Waals surface area contributed by atoms with Crippen molar-refractivity contribution in [3.8, 4) is 0 Å². The maximum absolute atomic E-state index is 10.1. The van der Waals surface area contributed by atoms with Crippen molar-refractivity contribution in [3.63, 3.8) is 0 Å². The number of hydrogen-bond acceptors (Lipinski definition) is 5. The fourth-order valence-corrected chi connectivity index (χ4v) is 3.01. The molecule has 0 bridgehead atoms. The molecule has 3 unspecified atom stereocenters. The van der Waals surface area contributed by atoms with Gasteiger partial charge in [-0.25, -0.2) is 0 Å². The van der Waals surface area contributed by atoms with Crippen LogP contribution >= 0.6 is 0 Å². The highest BCUT2D eigenvalue weighted by atomic mass is 16.5. The molecule has 0 aromatic rings. The van der Waals surface area contributed by atoms with Crippen molar-refractivity contribution in [2.45, 2.75) is 50.9 Å². The number of ether oxygens (including phenoxy) is 2. The first-order chi connectivity index (χ1) is 10.2. The topological polar surface area (TPSA) is 54.0 Å². The van der Waals surface area contributed by atoms with Gasteiger partial charge in [-0.05, 0) is 51.6 Å². The van der Waals surface area contributed by atoms with Gasteiger partial charge in [0.15, 0.2) is 0 Å². The van der Waals surface area contributed by atoms with Gasteiger partial charge >= 0.3 is 0 Å². The molecule has 2 aliphatic rings. The lowest BCUT2D eigenvalue weighted by molar-refractivity contribution is -0.0423. The van der Waals surface area contributed by atoms with E-state index in [9.17, 15) is 5.11 Å². The van der Waals surface area contributed by atoms with Crippen LogP contribution in [0.5, 0.6) is 0 Å². The summed E-state index contributed by atoms with van der Waals surface area (Å²) >= 11 is 0. The summed E-state index contributed by atoms with van der Waals surface area (Å²) in [5.41, 5.74) is 0. The van der Waals surface area contributed by atoms with Crippen LogP contribution in [0.25, 0.3) is 0 Å². The highest BCUT2D eigenvalue weighted by Gasteiger charge is 2.25. The van der Waals surface area contributed by atoms with Gasteiger partial charge in [0, 0.05) is 26.2 Å². The highest BCUT2D eigenvalue weighted by molar-refractivity contribution is 4.84. The van der Waals surface area contributed by atoms with E-state index in [4.69, 9.17) is 9.47 Å². The number of methoxy groups -OCH3 is 1. The Hall–Kier alpha value is -0.200. The molecule has 21 heavy (non-hydrogen) atoms. The van der Waals surface area contributed by atoms with Crippen LogP contribution in [0.1, 0.15) is 32.6 Å². The van der Waals surface area contributed by atoms with Crippen molar-refractivity contribution in [2.24, 2.45) is 5.92 Å². The quantitative estimate of drug-likeness (QED) is 0.627. The van der Waals surface area contributed by atoms with Crippen LogP contribution in [0.3, 0.4) is 0 Å². The second-order valence-electron chi connectivity index (χ2n) is 6.70. The van der Waals surface area contributed by atoms with E-state index in [-0.39, 0.29) is 6.10 Å². The van der Waals surface area contributed by atoms with Gasteiger partial charge < -0.3 is 24.8 Å². The number of rotatable bonds is 10. The number of aliphatic hydroxyl groups excluding tert-OH is 1. The Morgan fingerprint density at radius 2 is 2.10 bits per heavy atom. The average Bonchev–Trinajstić information content (AvgIpc) is 3.28. The molecule has 3 atom stereocenters. The van der Waals surface area contributed by atoms with E-state index >= 15 is 0 Å². The molecule has 1 aliphatic heterocycles. The van der Waals surface area contributed by atoms with Gasteiger partial charge in [0.1, 0.15) is 0 Å². The molecule has 2 fully saturated rings. The minimum absolute atomic E-state index is 0.0431. The van der Waals surface area contributed by atoms with Gasteiger partial charge in [-0.2, -0.15) is 0 Å². The first kappa shape index (κ1) is 17.2. The Bertz CT molecular complexity index is 287. The summed E-state index contributed by atoms with van der Waals surface area (Å²) in [4.78, 5) is 2.39. The number of nitrogens with zero attached hydrogens (tertiary/aromatic N) is 1. The molecule has 124 valence electrons. The molecule has 1 aliphatic carbocycles. The third-order valence-corrected chi connectivity index (χ3v) is 4.32. The normalized spacial score (nSPS) is 26.7. The summed E-state index contributed by atoms with van der Waals surface area (Å²) in [6, 6.07) is 0.793. The summed E-state index contributed by atoms with van der Waals surface area (Å²) in [5, 5.41) is 13.7. The number of hydrogen-bond donors (Lipinski definition) is 2. The van der Waals surface area contributed by atoms with Gasteiger partial charge in [0.25, 0.3) is 0 Å². The molecule has 0 radical (unpaired) electrons. The van der Waals surface area contributed by atoms with Gasteiger partial charge in [-0.1, -0.05) is 0 Å². The van der Waals surface area contributed by atoms with Crippen LogP contribution in [0.15, 0.2) is 0 Å². The maximum Gasteiger partial charge on any atom is 0.0900 e. The van der Waals surface area contributed by atoms with Gasteiger partial charge in [0.05, 0.1) is 25.4 Å². The first-order valence-electron chi connectivity index (χ1n) is 8.41. The predicted octanol–water partition coefficient (Wildman–Crippen LogP) is 0.863. The molecule has 2 N–H and O–H groups in total. The van der Waals surface area contributed by atoms with Crippen molar-refractivity contribution in [2.75, 3.05) is 46.5 Å². The maximum atomic E-state index is 10.1. The highest BCUT2D eigenvalue weighted by Crippen LogP contribution is 2.21. The second kappa shape index (κ2) is 9.06. The summed E-state index contributed by atoms with van der Waals surface area (Å²) in [6.07, 6.45) is 4.90. The molecule has 2 rings (SSSR count). The average molecular weight is 300 g/mol. The number of nitrogens with one attached hydrogen (secondary N) is 1. The predicted molar refractivity (Wildman–Crippen MR) is 83.5 cm³/mol. The van der Waals surface area contributed by atoms with Gasteiger partial charge in [0.2, 0.25) is 0 Å². The largest absolute Gasteiger partial charge is 0.389 e. The Balaban J connectivity index is 1.59. The smallest absolute Gasteiger partial charge is 0.0900 e. The lowest BCUT2D eigenvalue weighted by Crippen LogP contribution is -2.44. The zero-order valence-corrected chi connectivity index (χ0v) is 13.6. The second-order valence-corrected chi connectivity index (χ2v) is 6.70. The number of aliphatic hydroxyl groups is 1. The Labute approximate surface area is 129 Å². The molecule has 5 nitrogen and oxygen atoms in total. The van der Waals surface area contributed by atoms with Crippen molar-refractivity contribution in [1.29, 1.82) is 0 Å². The Morgan fingerprint density at radius 1 is 1.29 bits per heavy atom. The van der Waals surface area contributed by atoms with E-state index in [1.807, 2.05) is 6.92 Å². The first-order valence-corrected chi connectivity index (χ1v) is 8.41. The van der Waals surface area contributed by atoms with Crippen LogP contribution in [0.2, 0.25) is 0 Å². The molecule has 5 heteroatoms. The van der Waals surface area contributed by atoms with E-state index < -0.39 is 6.10 Å². The minimum Gasteiger partial charge on any atom is -0.389 e.